The van der Waals surface area contributed by atoms with E-state index in [4.69, 9.17) is 9.84 Å². The molecule has 0 aliphatic heterocycles. The third-order valence-corrected chi connectivity index (χ3v) is 2.41. The Hall–Kier alpha value is -1.82. The Morgan fingerprint density at radius 3 is 2.71 bits per heavy atom. The van der Waals surface area contributed by atoms with E-state index in [1.165, 1.54) is 7.11 Å². The molecule has 1 rings (SSSR count). The normalized spacial score (nSPS) is 12.1. The van der Waals surface area contributed by atoms with Gasteiger partial charge in [-0.1, -0.05) is 0 Å². The van der Waals surface area contributed by atoms with Gasteiger partial charge in [-0.25, -0.2) is 4.79 Å². The van der Waals surface area contributed by atoms with Crippen LogP contribution in [-0.4, -0.2) is 41.7 Å². The molecule has 0 bridgehead atoms. The van der Waals surface area contributed by atoms with Crippen molar-refractivity contribution in [2.45, 2.75) is 19.4 Å². The molecule has 0 spiro atoms. The van der Waals surface area contributed by atoms with Crippen LogP contribution >= 0.6 is 0 Å². The van der Waals surface area contributed by atoms with E-state index in [1.54, 1.807) is 19.3 Å². The van der Waals surface area contributed by atoms with E-state index in [9.17, 15) is 9.59 Å². The summed E-state index contributed by atoms with van der Waals surface area (Å²) in [5, 5.41) is 11.4. The number of aromatic amines is 1. The highest BCUT2D eigenvalue weighted by Crippen LogP contribution is 2.06. The second kappa shape index (κ2) is 6.05. The molecule has 0 aromatic carbocycles. The van der Waals surface area contributed by atoms with Crippen molar-refractivity contribution in [1.82, 2.24) is 10.3 Å². The highest BCUT2D eigenvalue weighted by Gasteiger charge is 2.21. The number of rotatable bonds is 6. The summed E-state index contributed by atoms with van der Waals surface area (Å²) in [6.45, 7) is 2.06. The van der Waals surface area contributed by atoms with Crippen molar-refractivity contribution in [1.29, 1.82) is 0 Å². The largest absolute Gasteiger partial charge is 0.480 e. The number of ether oxygens (including phenoxy) is 1. The minimum Gasteiger partial charge on any atom is -0.480 e. The van der Waals surface area contributed by atoms with Crippen molar-refractivity contribution in [2.75, 3.05) is 13.7 Å². The zero-order valence-corrected chi connectivity index (χ0v) is 9.82. The van der Waals surface area contributed by atoms with Crippen LogP contribution in [0.1, 0.15) is 22.3 Å². The summed E-state index contributed by atoms with van der Waals surface area (Å²) >= 11 is 0. The fraction of sp³-hybridized carbons (Fsp3) is 0.455. The smallest absolute Gasteiger partial charge is 0.326 e. The van der Waals surface area contributed by atoms with Crippen LogP contribution in [0.25, 0.3) is 0 Å². The molecule has 17 heavy (non-hydrogen) atoms. The Balaban J connectivity index is 2.64. The molecule has 94 valence electrons. The quantitative estimate of drug-likeness (QED) is 0.677. The SMILES string of the molecule is COCCC(NC(=O)c1c[nH]cc1C)C(=O)O. The maximum absolute atomic E-state index is 11.8. The van der Waals surface area contributed by atoms with Gasteiger partial charge in [0.1, 0.15) is 6.04 Å². The summed E-state index contributed by atoms with van der Waals surface area (Å²) in [4.78, 5) is 25.5. The number of H-pyrrole nitrogens is 1. The van der Waals surface area contributed by atoms with Gasteiger partial charge >= 0.3 is 5.97 Å². The van der Waals surface area contributed by atoms with Gasteiger partial charge < -0.3 is 20.1 Å². The first kappa shape index (κ1) is 13.2. The van der Waals surface area contributed by atoms with Crippen LogP contribution in [0.5, 0.6) is 0 Å². The highest BCUT2D eigenvalue weighted by atomic mass is 16.5. The second-order valence-electron chi connectivity index (χ2n) is 3.70. The van der Waals surface area contributed by atoms with Crippen LogP contribution in [0.4, 0.5) is 0 Å². The van der Waals surface area contributed by atoms with Gasteiger partial charge in [-0.2, -0.15) is 0 Å². The van der Waals surface area contributed by atoms with Crippen molar-refractivity contribution in [3.8, 4) is 0 Å². The average Bonchev–Trinajstić information content (AvgIpc) is 2.70. The molecule has 0 fully saturated rings. The number of aryl methyl sites for hydroxylation is 1. The first-order valence-electron chi connectivity index (χ1n) is 5.22. The Morgan fingerprint density at radius 2 is 2.24 bits per heavy atom. The maximum Gasteiger partial charge on any atom is 0.326 e. The first-order chi connectivity index (χ1) is 8.06. The van der Waals surface area contributed by atoms with E-state index in [1.807, 2.05) is 0 Å². The molecule has 1 unspecified atom stereocenters. The van der Waals surface area contributed by atoms with Crippen LogP contribution in [0.3, 0.4) is 0 Å². The standard InChI is InChI=1S/C11H16N2O4/c1-7-5-12-6-8(7)10(14)13-9(11(15)16)3-4-17-2/h5-6,9,12H,3-4H2,1-2H3,(H,13,14)(H,15,16). The molecule has 1 aromatic rings. The maximum atomic E-state index is 11.8. The van der Waals surface area contributed by atoms with Crippen LogP contribution in [0, 0.1) is 6.92 Å². The van der Waals surface area contributed by atoms with Gasteiger partial charge in [-0.05, 0) is 12.5 Å². The molecule has 0 aliphatic rings. The van der Waals surface area contributed by atoms with Crippen LogP contribution in [0.15, 0.2) is 12.4 Å². The van der Waals surface area contributed by atoms with Gasteiger partial charge in [0.15, 0.2) is 0 Å². The van der Waals surface area contributed by atoms with Crippen molar-refractivity contribution in [3.05, 3.63) is 23.5 Å². The summed E-state index contributed by atoms with van der Waals surface area (Å²) in [7, 11) is 1.48. The number of aromatic nitrogens is 1. The van der Waals surface area contributed by atoms with Gasteiger partial charge in [-0.15, -0.1) is 0 Å². The molecule has 1 aromatic heterocycles. The number of methoxy groups -OCH3 is 1. The number of hydrogen-bond donors (Lipinski definition) is 3. The molecule has 6 heteroatoms. The Kier molecular flexibility index (Phi) is 4.71. The number of amides is 1. The molecule has 1 heterocycles. The van der Waals surface area contributed by atoms with Crippen LogP contribution < -0.4 is 5.32 Å². The molecular weight excluding hydrogens is 224 g/mol. The Bertz CT molecular complexity index is 400. The second-order valence-corrected chi connectivity index (χ2v) is 3.70. The van der Waals surface area contributed by atoms with E-state index < -0.39 is 17.9 Å². The lowest BCUT2D eigenvalue weighted by Gasteiger charge is -2.13. The van der Waals surface area contributed by atoms with Gasteiger partial charge in [-0.3, -0.25) is 4.79 Å². The molecule has 0 aliphatic carbocycles. The first-order valence-corrected chi connectivity index (χ1v) is 5.22. The zero-order chi connectivity index (χ0) is 12.8. The van der Waals surface area contributed by atoms with Crippen molar-refractivity contribution >= 4 is 11.9 Å². The monoisotopic (exact) mass is 240 g/mol. The van der Waals surface area contributed by atoms with E-state index in [-0.39, 0.29) is 13.0 Å². The molecule has 1 amide bonds. The number of aliphatic carboxylic acids is 1. The van der Waals surface area contributed by atoms with Crippen molar-refractivity contribution in [2.24, 2.45) is 0 Å². The lowest BCUT2D eigenvalue weighted by atomic mass is 10.1. The molecular formula is C11H16N2O4. The molecule has 0 radical (unpaired) electrons. The van der Waals surface area contributed by atoms with Gasteiger partial charge in [0, 0.05) is 32.5 Å². The predicted molar refractivity (Wildman–Crippen MR) is 60.9 cm³/mol. The van der Waals surface area contributed by atoms with Crippen molar-refractivity contribution in [3.63, 3.8) is 0 Å². The minimum absolute atomic E-state index is 0.237. The Morgan fingerprint density at radius 1 is 1.53 bits per heavy atom. The van der Waals surface area contributed by atoms with E-state index >= 15 is 0 Å². The van der Waals surface area contributed by atoms with Gasteiger partial charge in [0.05, 0.1) is 5.56 Å². The summed E-state index contributed by atoms with van der Waals surface area (Å²) in [5.41, 5.74) is 1.23. The van der Waals surface area contributed by atoms with Crippen LogP contribution in [0.2, 0.25) is 0 Å². The van der Waals surface area contributed by atoms with Crippen LogP contribution in [-0.2, 0) is 9.53 Å². The number of carboxylic acids is 1. The Labute approximate surface area is 99.0 Å². The fourth-order valence-corrected chi connectivity index (χ4v) is 1.42. The molecule has 6 nitrogen and oxygen atoms in total. The van der Waals surface area contributed by atoms with E-state index in [0.717, 1.165) is 5.56 Å². The average molecular weight is 240 g/mol. The van der Waals surface area contributed by atoms with Gasteiger partial charge in [0.2, 0.25) is 0 Å². The summed E-state index contributed by atoms with van der Waals surface area (Å²) in [6, 6.07) is -0.934. The number of nitrogens with one attached hydrogen (secondary N) is 2. The number of hydrogen-bond acceptors (Lipinski definition) is 3. The fourth-order valence-electron chi connectivity index (χ4n) is 1.42. The predicted octanol–water partition coefficient (Wildman–Crippen LogP) is 0.543. The molecule has 0 saturated heterocycles. The number of carboxylic acid groups (broad SMARTS) is 1. The summed E-state index contributed by atoms with van der Waals surface area (Å²) in [5.74, 6) is -1.46. The third kappa shape index (κ3) is 3.60. The van der Waals surface area contributed by atoms with Crippen molar-refractivity contribution < 1.29 is 19.4 Å². The molecule has 0 saturated carbocycles. The van der Waals surface area contributed by atoms with E-state index in [0.29, 0.717) is 5.56 Å². The highest BCUT2D eigenvalue weighted by molar-refractivity contribution is 5.97. The lowest BCUT2D eigenvalue weighted by Crippen LogP contribution is -2.41. The molecule has 3 N–H and O–H groups in total. The van der Waals surface area contributed by atoms with Gasteiger partial charge in [0.25, 0.3) is 5.91 Å². The third-order valence-electron chi connectivity index (χ3n) is 2.41. The topological polar surface area (TPSA) is 91.4 Å². The number of carbonyl (C=O) groups is 2. The zero-order valence-electron chi connectivity index (χ0n) is 9.82. The van der Waals surface area contributed by atoms with E-state index in [2.05, 4.69) is 10.3 Å². The summed E-state index contributed by atoms with van der Waals surface area (Å²) < 4.78 is 4.80. The number of carbonyl (C=O) groups excluding carboxylic acids is 1. The molecule has 1 atom stereocenters. The minimum atomic E-state index is -1.07. The lowest BCUT2D eigenvalue weighted by molar-refractivity contribution is -0.139. The summed E-state index contributed by atoms with van der Waals surface area (Å²) in [6.07, 6.45) is 3.46.